The maximum atomic E-state index is 12.5. The van der Waals surface area contributed by atoms with Gasteiger partial charge in [0, 0.05) is 24.3 Å². The summed E-state index contributed by atoms with van der Waals surface area (Å²) in [6.45, 7) is 0.599. The van der Waals surface area contributed by atoms with Gasteiger partial charge in [-0.05, 0) is 30.2 Å². The van der Waals surface area contributed by atoms with Crippen molar-refractivity contribution in [3.8, 4) is 5.75 Å². The van der Waals surface area contributed by atoms with Crippen LogP contribution in [-0.4, -0.2) is 16.7 Å². The number of hydrogen-bond acceptors (Lipinski definition) is 3. The van der Waals surface area contributed by atoms with Crippen molar-refractivity contribution in [2.75, 3.05) is 7.11 Å². The number of ether oxygens (including phenoxy) is 1. The third-order valence-corrected chi connectivity index (χ3v) is 3.54. The van der Waals surface area contributed by atoms with E-state index in [-0.39, 0.29) is 5.56 Å². The first kappa shape index (κ1) is 13.4. The lowest BCUT2D eigenvalue weighted by Crippen LogP contribution is -2.22. The van der Waals surface area contributed by atoms with E-state index in [2.05, 4.69) is 4.98 Å². The van der Waals surface area contributed by atoms with Gasteiger partial charge < -0.3 is 9.30 Å². The van der Waals surface area contributed by atoms with Crippen molar-refractivity contribution >= 4 is 10.9 Å². The van der Waals surface area contributed by atoms with E-state index < -0.39 is 0 Å². The molecule has 0 spiro atoms. The molecular formula is C17H16N2O2. The molecule has 3 rings (SSSR count). The minimum absolute atomic E-state index is 0.0971. The molecular weight excluding hydrogens is 264 g/mol. The number of pyridine rings is 2. The molecule has 2 heterocycles. The van der Waals surface area contributed by atoms with Crippen LogP contribution in [0.1, 0.15) is 5.56 Å². The average Bonchev–Trinajstić information content (AvgIpc) is 2.54. The van der Waals surface area contributed by atoms with Crippen LogP contribution < -0.4 is 10.3 Å². The Balaban J connectivity index is 2.04. The molecule has 0 aliphatic carbocycles. The van der Waals surface area contributed by atoms with Gasteiger partial charge in [-0.3, -0.25) is 9.78 Å². The molecule has 4 heteroatoms. The topological polar surface area (TPSA) is 44.1 Å². The number of nitrogens with zero attached hydrogens (tertiary/aromatic N) is 2. The standard InChI is InChI=1S/C17H16N2O2/c1-21-16-11-14-6-2-3-7-15(14)19(17(16)20)10-8-13-5-4-9-18-12-13/h2-7,9,11-12H,8,10H2,1H3. The first-order valence-electron chi connectivity index (χ1n) is 6.85. The number of methoxy groups -OCH3 is 1. The van der Waals surface area contributed by atoms with Crippen molar-refractivity contribution in [3.63, 3.8) is 0 Å². The number of aryl methyl sites for hydroxylation is 2. The molecule has 0 atom stereocenters. The molecule has 0 unspecified atom stereocenters. The Kier molecular flexibility index (Phi) is 3.69. The summed E-state index contributed by atoms with van der Waals surface area (Å²) in [6, 6.07) is 13.5. The predicted molar refractivity (Wildman–Crippen MR) is 82.7 cm³/mol. The zero-order chi connectivity index (χ0) is 14.7. The molecule has 106 valence electrons. The van der Waals surface area contributed by atoms with Crippen molar-refractivity contribution in [1.29, 1.82) is 0 Å². The van der Waals surface area contributed by atoms with Crippen LogP contribution in [0.25, 0.3) is 10.9 Å². The highest BCUT2D eigenvalue weighted by atomic mass is 16.5. The number of benzene rings is 1. The molecule has 21 heavy (non-hydrogen) atoms. The second-order valence-electron chi connectivity index (χ2n) is 4.84. The van der Waals surface area contributed by atoms with Gasteiger partial charge in [0.05, 0.1) is 12.6 Å². The van der Waals surface area contributed by atoms with Gasteiger partial charge in [-0.15, -0.1) is 0 Å². The summed E-state index contributed by atoms with van der Waals surface area (Å²) in [4.78, 5) is 16.6. The molecule has 0 fully saturated rings. The lowest BCUT2D eigenvalue weighted by Gasteiger charge is -2.12. The predicted octanol–water partition coefficient (Wildman–Crippen LogP) is 2.65. The van der Waals surface area contributed by atoms with Crippen LogP contribution in [0.15, 0.2) is 59.7 Å². The van der Waals surface area contributed by atoms with E-state index in [1.807, 2.05) is 42.6 Å². The van der Waals surface area contributed by atoms with Gasteiger partial charge >= 0.3 is 0 Å². The summed E-state index contributed by atoms with van der Waals surface area (Å²) in [5.74, 6) is 0.375. The lowest BCUT2D eigenvalue weighted by molar-refractivity contribution is 0.404. The molecule has 0 radical (unpaired) electrons. The van der Waals surface area contributed by atoms with Crippen LogP contribution >= 0.6 is 0 Å². The molecule has 0 bridgehead atoms. The normalized spacial score (nSPS) is 10.7. The van der Waals surface area contributed by atoms with Crippen molar-refractivity contribution in [2.45, 2.75) is 13.0 Å². The summed E-state index contributed by atoms with van der Waals surface area (Å²) in [7, 11) is 1.52. The third-order valence-electron chi connectivity index (χ3n) is 3.54. The molecule has 0 N–H and O–H groups in total. The molecule has 2 aromatic heterocycles. The Morgan fingerprint density at radius 1 is 1.19 bits per heavy atom. The Morgan fingerprint density at radius 3 is 2.81 bits per heavy atom. The van der Waals surface area contributed by atoms with Crippen molar-refractivity contribution in [2.24, 2.45) is 0 Å². The van der Waals surface area contributed by atoms with Crippen molar-refractivity contribution in [1.82, 2.24) is 9.55 Å². The number of para-hydroxylation sites is 1. The molecule has 0 amide bonds. The molecule has 0 saturated carbocycles. The van der Waals surface area contributed by atoms with Crippen molar-refractivity contribution < 1.29 is 4.74 Å². The first-order valence-corrected chi connectivity index (χ1v) is 6.85. The zero-order valence-electron chi connectivity index (χ0n) is 11.8. The fraction of sp³-hybridized carbons (Fsp3) is 0.176. The van der Waals surface area contributed by atoms with E-state index in [1.165, 1.54) is 7.11 Å². The maximum Gasteiger partial charge on any atom is 0.293 e. The largest absolute Gasteiger partial charge is 0.491 e. The first-order chi connectivity index (χ1) is 10.3. The van der Waals surface area contributed by atoms with Gasteiger partial charge in [0.15, 0.2) is 5.75 Å². The summed E-state index contributed by atoms with van der Waals surface area (Å²) >= 11 is 0. The third kappa shape index (κ3) is 2.65. The average molecular weight is 280 g/mol. The van der Waals surface area contributed by atoms with Gasteiger partial charge in [0.25, 0.3) is 5.56 Å². The quantitative estimate of drug-likeness (QED) is 0.738. The molecule has 3 aromatic rings. The second-order valence-corrected chi connectivity index (χ2v) is 4.84. The molecule has 0 aliphatic heterocycles. The Hall–Kier alpha value is -2.62. The number of rotatable bonds is 4. The number of aromatic nitrogens is 2. The summed E-state index contributed by atoms with van der Waals surface area (Å²) in [5.41, 5.74) is 1.93. The summed E-state index contributed by atoms with van der Waals surface area (Å²) in [6.07, 6.45) is 4.33. The number of fused-ring (bicyclic) bond motifs is 1. The highest BCUT2D eigenvalue weighted by Crippen LogP contribution is 2.17. The fourth-order valence-corrected chi connectivity index (χ4v) is 2.46. The SMILES string of the molecule is COc1cc2ccccc2n(CCc2cccnc2)c1=O. The zero-order valence-corrected chi connectivity index (χ0v) is 11.8. The number of hydrogen-bond donors (Lipinski definition) is 0. The van der Waals surface area contributed by atoms with Gasteiger partial charge in [0.1, 0.15) is 0 Å². The molecule has 0 saturated heterocycles. The summed E-state index contributed by atoms with van der Waals surface area (Å²) in [5, 5.41) is 1.00. The van der Waals surface area contributed by atoms with Gasteiger partial charge in [-0.2, -0.15) is 0 Å². The van der Waals surface area contributed by atoms with Crippen LogP contribution in [0.2, 0.25) is 0 Å². The van der Waals surface area contributed by atoms with E-state index in [4.69, 9.17) is 4.74 Å². The smallest absolute Gasteiger partial charge is 0.293 e. The Morgan fingerprint density at radius 2 is 2.05 bits per heavy atom. The van der Waals surface area contributed by atoms with E-state index in [0.29, 0.717) is 12.3 Å². The van der Waals surface area contributed by atoms with Crippen LogP contribution in [-0.2, 0) is 13.0 Å². The molecule has 1 aromatic carbocycles. The van der Waals surface area contributed by atoms with Crippen LogP contribution in [0.3, 0.4) is 0 Å². The monoisotopic (exact) mass is 280 g/mol. The summed E-state index contributed by atoms with van der Waals surface area (Å²) < 4.78 is 6.97. The van der Waals surface area contributed by atoms with Gasteiger partial charge in [0.2, 0.25) is 0 Å². The van der Waals surface area contributed by atoms with E-state index >= 15 is 0 Å². The highest BCUT2D eigenvalue weighted by Gasteiger charge is 2.09. The van der Waals surface area contributed by atoms with E-state index in [0.717, 1.165) is 22.9 Å². The molecule has 0 aliphatic rings. The Bertz CT molecular complexity index is 810. The molecule has 4 nitrogen and oxygen atoms in total. The minimum atomic E-state index is -0.0971. The second kappa shape index (κ2) is 5.79. The maximum absolute atomic E-state index is 12.5. The Labute approximate surface area is 122 Å². The highest BCUT2D eigenvalue weighted by molar-refractivity contribution is 5.80. The van der Waals surface area contributed by atoms with Gasteiger partial charge in [-0.1, -0.05) is 24.3 Å². The van der Waals surface area contributed by atoms with Gasteiger partial charge in [-0.25, -0.2) is 0 Å². The van der Waals surface area contributed by atoms with Crippen LogP contribution in [0.5, 0.6) is 5.75 Å². The van der Waals surface area contributed by atoms with Crippen LogP contribution in [0.4, 0.5) is 0 Å². The lowest BCUT2D eigenvalue weighted by atomic mass is 10.1. The van der Waals surface area contributed by atoms with E-state index in [1.54, 1.807) is 16.8 Å². The van der Waals surface area contributed by atoms with Crippen LogP contribution in [0, 0.1) is 0 Å². The fourth-order valence-electron chi connectivity index (χ4n) is 2.46. The minimum Gasteiger partial charge on any atom is -0.491 e. The van der Waals surface area contributed by atoms with E-state index in [9.17, 15) is 4.79 Å². The van der Waals surface area contributed by atoms with Crippen molar-refractivity contribution in [3.05, 3.63) is 70.8 Å².